The summed E-state index contributed by atoms with van der Waals surface area (Å²) in [6.07, 6.45) is 1.54. The van der Waals surface area contributed by atoms with Crippen molar-refractivity contribution in [1.29, 1.82) is 0 Å². The molecule has 7 nitrogen and oxygen atoms in total. The molecule has 0 spiro atoms. The van der Waals surface area contributed by atoms with Gasteiger partial charge in [0.25, 0.3) is 0 Å². The Morgan fingerprint density at radius 3 is 2.38 bits per heavy atom. The molecular weight excluding hydrogens is 436 g/mol. The molecular formula is C27H32O7. The fourth-order valence-corrected chi connectivity index (χ4v) is 4.01. The van der Waals surface area contributed by atoms with Crippen molar-refractivity contribution in [1.82, 2.24) is 0 Å². The van der Waals surface area contributed by atoms with Gasteiger partial charge in [0.05, 0.1) is 25.4 Å². The van der Waals surface area contributed by atoms with Gasteiger partial charge in [-0.1, -0.05) is 12.2 Å². The Kier molecular flexibility index (Phi) is 7.26. The first-order valence-electron chi connectivity index (χ1n) is 11.1. The third-order valence-electron chi connectivity index (χ3n) is 5.97. The monoisotopic (exact) mass is 468 g/mol. The zero-order chi connectivity index (χ0) is 25.2. The van der Waals surface area contributed by atoms with Gasteiger partial charge in [0.1, 0.15) is 39.7 Å². The van der Waals surface area contributed by atoms with E-state index >= 15 is 0 Å². The Balaban J connectivity index is 2.23. The summed E-state index contributed by atoms with van der Waals surface area (Å²) in [5, 5.41) is 31.1. The molecule has 34 heavy (non-hydrogen) atoms. The second-order valence-electron chi connectivity index (χ2n) is 9.24. The fraction of sp³-hybridized carbons (Fsp3) is 0.370. The van der Waals surface area contributed by atoms with Crippen LogP contribution in [0.5, 0.6) is 23.0 Å². The highest BCUT2D eigenvalue weighted by Crippen LogP contribution is 2.40. The van der Waals surface area contributed by atoms with Crippen LogP contribution in [-0.2, 0) is 6.42 Å². The molecule has 1 heterocycles. The van der Waals surface area contributed by atoms with Crippen LogP contribution >= 0.6 is 0 Å². The molecule has 0 amide bonds. The molecule has 0 saturated heterocycles. The van der Waals surface area contributed by atoms with E-state index in [0.717, 1.165) is 5.57 Å². The van der Waals surface area contributed by atoms with Crippen LogP contribution in [0.3, 0.4) is 0 Å². The molecule has 3 N–H and O–H groups in total. The number of hydrogen-bond donors (Lipinski definition) is 3. The first kappa shape index (κ1) is 25.2. The molecule has 0 bridgehead atoms. The van der Waals surface area contributed by atoms with E-state index in [1.165, 1.54) is 38.5 Å². The number of hydrogen-bond acceptors (Lipinski definition) is 7. The molecule has 1 atom stereocenters. The van der Waals surface area contributed by atoms with Gasteiger partial charge in [0.2, 0.25) is 0 Å². The minimum atomic E-state index is -0.840. The van der Waals surface area contributed by atoms with Crippen molar-refractivity contribution in [2.45, 2.75) is 45.6 Å². The molecule has 1 aromatic heterocycles. The van der Waals surface area contributed by atoms with Gasteiger partial charge in [-0.25, -0.2) is 0 Å². The summed E-state index contributed by atoms with van der Waals surface area (Å²) >= 11 is 0. The zero-order valence-electron chi connectivity index (χ0n) is 20.3. The predicted molar refractivity (Wildman–Crippen MR) is 132 cm³/mol. The summed E-state index contributed by atoms with van der Waals surface area (Å²) in [7, 11) is 2.88. The zero-order valence-corrected chi connectivity index (χ0v) is 20.3. The Bertz CT molecular complexity index is 1260. The van der Waals surface area contributed by atoms with Gasteiger partial charge >= 0.3 is 0 Å². The summed E-state index contributed by atoms with van der Waals surface area (Å²) in [5.74, 6) is 0.660. The van der Waals surface area contributed by atoms with E-state index in [2.05, 4.69) is 6.58 Å². The van der Waals surface area contributed by atoms with Gasteiger partial charge in [-0.3, -0.25) is 4.79 Å². The molecule has 1 unspecified atom stereocenters. The average molecular weight is 469 g/mol. The number of ether oxygens (including phenoxy) is 2. The number of aromatic hydroxyl groups is 2. The molecule has 0 aliphatic carbocycles. The van der Waals surface area contributed by atoms with E-state index in [9.17, 15) is 20.1 Å². The molecule has 2 aromatic carbocycles. The van der Waals surface area contributed by atoms with Gasteiger partial charge in [-0.15, -0.1) is 0 Å². The van der Waals surface area contributed by atoms with Gasteiger partial charge in [-0.2, -0.15) is 0 Å². The van der Waals surface area contributed by atoms with Gasteiger partial charge < -0.3 is 29.2 Å². The van der Waals surface area contributed by atoms with Crippen LogP contribution < -0.4 is 14.9 Å². The van der Waals surface area contributed by atoms with E-state index in [1.807, 2.05) is 6.92 Å². The third kappa shape index (κ3) is 5.37. The average Bonchev–Trinajstić information content (AvgIpc) is 2.76. The van der Waals surface area contributed by atoms with Crippen LogP contribution in [0.25, 0.3) is 22.3 Å². The fourth-order valence-electron chi connectivity index (χ4n) is 4.01. The van der Waals surface area contributed by atoms with Gasteiger partial charge in [0, 0.05) is 23.8 Å². The van der Waals surface area contributed by atoms with Crippen LogP contribution in [-0.4, -0.2) is 35.1 Å². The van der Waals surface area contributed by atoms with Gasteiger partial charge in [-0.05, 0) is 58.1 Å². The van der Waals surface area contributed by atoms with Crippen molar-refractivity contribution in [3.8, 4) is 34.3 Å². The molecule has 0 aliphatic rings. The Morgan fingerprint density at radius 1 is 1.12 bits per heavy atom. The second kappa shape index (κ2) is 9.81. The Hall–Kier alpha value is -3.45. The first-order valence-corrected chi connectivity index (χ1v) is 11.1. The van der Waals surface area contributed by atoms with Crippen molar-refractivity contribution in [2.24, 2.45) is 5.92 Å². The largest absolute Gasteiger partial charge is 0.508 e. The van der Waals surface area contributed by atoms with Crippen LogP contribution in [0.1, 0.15) is 39.2 Å². The lowest BCUT2D eigenvalue weighted by molar-refractivity contribution is 0.0651. The minimum absolute atomic E-state index is 0.0137. The highest BCUT2D eigenvalue weighted by atomic mass is 16.5. The van der Waals surface area contributed by atoms with Crippen molar-refractivity contribution in [2.75, 3.05) is 14.2 Å². The molecule has 0 saturated carbocycles. The topological polar surface area (TPSA) is 109 Å². The Morgan fingerprint density at radius 2 is 1.79 bits per heavy atom. The molecule has 3 rings (SSSR count). The smallest absolute Gasteiger partial charge is 0.197 e. The van der Waals surface area contributed by atoms with Crippen LogP contribution in [0.15, 0.2) is 51.7 Å². The summed E-state index contributed by atoms with van der Waals surface area (Å²) in [6, 6.07) is 7.25. The quantitative estimate of drug-likeness (QED) is 0.372. The molecule has 0 radical (unpaired) electrons. The second-order valence-corrected chi connectivity index (χ2v) is 9.24. The number of aliphatic hydroxyl groups is 1. The third-order valence-corrected chi connectivity index (χ3v) is 5.97. The summed E-state index contributed by atoms with van der Waals surface area (Å²) in [5.41, 5.74) is 0.859. The van der Waals surface area contributed by atoms with Crippen molar-refractivity contribution >= 4 is 11.0 Å². The Labute approximate surface area is 198 Å². The van der Waals surface area contributed by atoms with Crippen molar-refractivity contribution in [3.05, 3.63) is 58.3 Å². The standard InChI is InChI=1S/C27H32O7/c1-15(2)16(9-10-27(3,4)31)11-19-20(29)13-24(33-6)25-21(30)14-23(34-26(19)25)18-8-7-17(28)12-22(18)32-5/h7-8,12-14,16,28-29,31H,1,9-11H2,2-6H3. The van der Waals surface area contributed by atoms with E-state index in [1.54, 1.807) is 19.9 Å². The molecule has 7 heteroatoms. The minimum Gasteiger partial charge on any atom is -0.508 e. The summed E-state index contributed by atoms with van der Waals surface area (Å²) < 4.78 is 16.9. The maximum Gasteiger partial charge on any atom is 0.197 e. The molecule has 0 aliphatic heterocycles. The summed E-state index contributed by atoms with van der Waals surface area (Å²) in [4.78, 5) is 13.2. The lowest BCUT2D eigenvalue weighted by Crippen LogP contribution is -2.21. The van der Waals surface area contributed by atoms with Gasteiger partial charge in [0.15, 0.2) is 5.43 Å². The number of allylic oxidation sites excluding steroid dienone is 1. The molecule has 182 valence electrons. The van der Waals surface area contributed by atoms with E-state index < -0.39 is 5.60 Å². The molecule has 3 aromatic rings. The highest BCUT2D eigenvalue weighted by molar-refractivity contribution is 5.90. The number of phenolic OH excluding ortho intramolecular Hbond substituents is 2. The summed E-state index contributed by atoms with van der Waals surface area (Å²) in [6.45, 7) is 9.49. The number of rotatable bonds is 9. The first-order chi connectivity index (χ1) is 15.9. The number of benzene rings is 2. The SMILES string of the molecule is C=C(C)C(CCC(C)(C)O)Cc1c(O)cc(OC)c2c(=O)cc(-c3ccc(O)cc3OC)oc12. The number of fused-ring (bicyclic) bond motifs is 1. The van der Waals surface area contributed by atoms with E-state index in [0.29, 0.717) is 36.1 Å². The highest BCUT2D eigenvalue weighted by Gasteiger charge is 2.24. The maximum absolute atomic E-state index is 13.2. The van der Waals surface area contributed by atoms with Crippen molar-refractivity contribution in [3.63, 3.8) is 0 Å². The normalized spacial score (nSPS) is 12.5. The van der Waals surface area contributed by atoms with Crippen LogP contribution in [0.4, 0.5) is 0 Å². The predicted octanol–water partition coefficient (Wildman–Crippen LogP) is 5.17. The number of phenols is 2. The maximum atomic E-state index is 13.2. The van der Waals surface area contributed by atoms with Crippen molar-refractivity contribution < 1.29 is 29.2 Å². The van der Waals surface area contributed by atoms with E-state index in [-0.39, 0.29) is 45.3 Å². The van der Waals surface area contributed by atoms with Crippen LogP contribution in [0, 0.1) is 5.92 Å². The van der Waals surface area contributed by atoms with E-state index in [4.69, 9.17) is 13.9 Å². The lowest BCUT2D eigenvalue weighted by atomic mass is 9.85. The number of methoxy groups -OCH3 is 2. The van der Waals surface area contributed by atoms with Crippen LogP contribution in [0.2, 0.25) is 0 Å². The molecule has 0 fully saturated rings. The lowest BCUT2D eigenvalue weighted by Gasteiger charge is -2.23.